The van der Waals surface area contributed by atoms with E-state index in [4.69, 9.17) is 4.74 Å². The van der Waals surface area contributed by atoms with E-state index in [1.165, 1.54) is 32.5 Å². The van der Waals surface area contributed by atoms with Gasteiger partial charge in [-0.1, -0.05) is 0 Å². The fourth-order valence-corrected chi connectivity index (χ4v) is 2.40. The Bertz CT molecular complexity index is 906. The van der Waals surface area contributed by atoms with Crippen LogP contribution in [0.25, 0.3) is 22.2 Å². The summed E-state index contributed by atoms with van der Waals surface area (Å²) in [5.74, 6) is -0.550. The quantitative estimate of drug-likeness (QED) is 0.655. The maximum Gasteiger partial charge on any atom is 0.248 e. The first-order valence-electron chi connectivity index (χ1n) is 7.61. The fourth-order valence-electron chi connectivity index (χ4n) is 2.40. The number of amides is 1. The zero-order chi connectivity index (χ0) is 18.0. The molecule has 3 aromatic rings. The van der Waals surface area contributed by atoms with Gasteiger partial charge in [0.1, 0.15) is 11.9 Å². The van der Waals surface area contributed by atoms with Gasteiger partial charge in [-0.2, -0.15) is 0 Å². The Morgan fingerprint density at radius 2 is 2.16 bits per heavy atom. The number of nitrogens with one attached hydrogen (secondary N) is 2. The number of fused-ring (bicyclic) bond motifs is 1. The number of rotatable bonds is 5. The van der Waals surface area contributed by atoms with Crippen LogP contribution >= 0.6 is 0 Å². The van der Waals surface area contributed by atoms with Crippen molar-refractivity contribution in [1.82, 2.24) is 20.3 Å². The van der Waals surface area contributed by atoms with Crippen LogP contribution in [0.3, 0.4) is 0 Å². The molecule has 0 aliphatic heterocycles. The van der Waals surface area contributed by atoms with Crippen LogP contribution in [-0.4, -0.2) is 39.2 Å². The molecule has 130 valence electrons. The molecule has 7 nitrogen and oxygen atoms in total. The second-order valence-corrected chi connectivity index (χ2v) is 5.55. The van der Waals surface area contributed by atoms with Crippen molar-refractivity contribution in [1.29, 1.82) is 0 Å². The molecule has 0 radical (unpaired) electrons. The largest absolute Gasteiger partial charge is 0.480 e. The van der Waals surface area contributed by atoms with Crippen molar-refractivity contribution in [2.75, 3.05) is 7.11 Å². The lowest BCUT2D eigenvalue weighted by Crippen LogP contribution is -2.32. The Hall–Kier alpha value is -3.00. The summed E-state index contributed by atoms with van der Waals surface area (Å²) < 4.78 is 19.3. The van der Waals surface area contributed by atoms with E-state index in [9.17, 15) is 14.3 Å². The number of nitrogens with zero attached hydrogens (tertiary/aromatic N) is 2. The third kappa shape index (κ3) is 3.58. The summed E-state index contributed by atoms with van der Waals surface area (Å²) in [5.41, 5.74) is 2.10. The van der Waals surface area contributed by atoms with E-state index in [2.05, 4.69) is 20.3 Å². The Morgan fingerprint density at radius 3 is 2.80 bits per heavy atom. The number of aromatic amines is 1. The molecule has 0 aliphatic rings. The van der Waals surface area contributed by atoms with Crippen LogP contribution in [0.5, 0.6) is 5.88 Å². The van der Waals surface area contributed by atoms with Crippen LogP contribution in [-0.2, 0) is 11.3 Å². The standard InChI is InChI=1S/C17H17FN4O3/c1-9(23)17(24)21-6-11-3-10-4-13(18)12(5-14(10)22-11)15-7-20-16(25-2)8-19-15/h3-5,7-9,22-23H,6H2,1-2H3,(H,21,24)/t9-/m1/s1. The predicted octanol–water partition coefficient (Wildman–Crippen LogP) is 1.77. The summed E-state index contributed by atoms with van der Waals surface area (Å²) >= 11 is 0. The van der Waals surface area contributed by atoms with Gasteiger partial charge in [0.05, 0.1) is 31.7 Å². The number of aromatic nitrogens is 3. The molecule has 25 heavy (non-hydrogen) atoms. The summed E-state index contributed by atoms with van der Waals surface area (Å²) in [5, 5.41) is 12.4. The van der Waals surface area contributed by atoms with Crippen LogP contribution < -0.4 is 10.1 Å². The maximum absolute atomic E-state index is 14.4. The third-order valence-corrected chi connectivity index (χ3v) is 3.71. The number of hydrogen-bond acceptors (Lipinski definition) is 5. The summed E-state index contributed by atoms with van der Waals surface area (Å²) in [6.45, 7) is 1.59. The van der Waals surface area contributed by atoms with Crippen molar-refractivity contribution < 1.29 is 19.0 Å². The monoisotopic (exact) mass is 344 g/mol. The molecule has 0 bridgehead atoms. The van der Waals surface area contributed by atoms with Crippen molar-refractivity contribution in [2.24, 2.45) is 0 Å². The number of hydrogen-bond donors (Lipinski definition) is 3. The highest BCUT2D eigenvalue weighted by Crippen LogP contribution is 2.27. The van der Waals surface area contributed by atoms with Crippen LogP contribution in [0, 0.1) is 5.82 Å². The van der Waals surface area contributed by atoms with E-state index in [-0.39, 0.29) is 6.54 Å². The number of aliphatic hydroxyl groups excluding tert-OH is 1. The predicted molar refractivity (Wildman–Crippen MR) is 89.4 cm³/mol. The molecule has 8 heteroatoms. The topological polar surface area (TPSA) is 100 Å². The summed E-state index contributed by atoms with van der Waals surface area (Å²) in [6, 6.07) is 4.78. The highest BCUT2D eigenvalue weighted by Gasteiger charge is 2.13. The summed E-state index contributed by atoms with van der Waals surface area (Å²) in [7, 11) is 1.48. The Kier molecular flexibility index (Phi) is 4.62. The smallest absolute Gasteiger partial charge is 0.248 e. The van der Waals surface area contributed by atoms with Crippen molar-refractivity contribution in [3.05, 3.63) is 42.1 Å². The second kappa shape index (κ2) is 6.86. The average molecular weight is 344 g/mol. The number of H-pyrrole nitrogens is 1. The minimum Gasteiger partial charge on any atom is -0.480 e. The van der Waals surface area contributed by atoms with Crippen LogP contribution in [0.4, 0.5) is 4.39 Å². The normalized spacial score (nSPS) is 12.2. The SMILES string of the molecule is COc1cnc(-c2cc3[nH]c(CNC(=O)[C@@H](C)O)cc3cc2F)cn1. The Balaban J connectivity index is 1.89. The highest BCUT2D eigenvalue weighted by molar-refractivity contribution is 5.85. The zero-order valence-electron chi connectivity index (χ0n) is 13.7. The first-order chi connectivity index (χ1) is 12.0. The van der Waals surface area contributed by atoms with Gasteiger partial charge in [0.15, 0.2) is 0 Å². The molecule has 2 heterocycles. The number of aliphatic hydroxyl groups is 1. The van der Waals surface area contributed by atoms with E-state index in [1.54, 1.807) is 12.1 Å². The minimum absolute atomic E-state index is 0.206. The van der Waals surface area contributed by atoms with Gasteiger partial charge in [-0.15, -0.1) is 0 Å². The van der Waals surface area contributed by atoms with E-state index in [0.717, 1.165) is 0 Å². The van der Waals surface area contributed by atoms with E-state index in [0.29, 0.717) is 33.7 Å². The van der Waals surface area contributed by atoms with E-state index < -0.39 is 17.8 Å². The molecule has 0 aliphatic carbocycles. The zero-order valence-corrected chi connectivity index (χ0v) is 13.7. The third-order valence-electron chi connectivity index (χ3n) is 3.71. The van der Waals surface area contributed by atoms with Crippen molar-refractivity contribution in [3.63, 3.8) is 0 Å². The molecular formula is C17H17FN4O3. The Labute approximate surface area is 142 Å². The van der Waals surface area contributed by atoms with E-state index in [1.807, 2.05) is 0 Å². The van der Waals surface area contributed by atoms with Crippen molar-refractivity contribution in [3.8, 4) is 17.1 Å². The van der Waals surface area contributed by atoms with Crippen LogP contribution in [0.2, 0.25) is 0 Å². The second-order valence-electron chi connectivity index (χ2n) is 5.55. The lowest BCUT2D eigenvalue weighted by molar-refractivity contribution is -0.128. The molecule has 1 amide bonds. The van der Waals surface area contributed by atoms with Gasteiger partial charge in [-0.25, -0.2) is 14.4 Å². The first kappa shape index (κ1) is 16.8. The number of methoxy groups -OCH3 is 1. The van der Waals surface area contributed by atoms with Crippen LogP contribution in [0.15, 0.2) is 30.6 Å². The molecule has 3 rings (SSSR count). The number of carbonyl (C=O) groups excluding carboxylic acids is 1. The number of halogens is 1. The lowest BCUT2D eigenvalue weighted by Gasteiger charge is -2.05. The number of benzene rings is 1. The molecule has 0 unspecified atom stereocenters. The fraction of sp³-hybridized carbons (Fsp3) is 0.235. The molecular weight excluding hydrogens is 327 g/mol. The Morgan fingerprint density at radius 1 is 1.36 bits per heavy atom. The van der Waals surface area contributed by atoms with Crippen molar-refractivity contribution in [2.45, 2.75) is 19.6 Å². The molecule has 1 aromatic carbocycles. The molecule has 1 atom stereocenters. The molecule has 0 fully saturated rings. The highest BCUT2D eigenvalue weighted by atomic mass is 19.1. The maximum atomic E-state index is 14.4. The molecule has 3 N–H and O–H groups in total. The number of ether oxygens (including phenoxy) is 1. The van der Waals surface area contributed by atoms with Crippen LogP contribution in [0.1, 0.15) is 12.6 Å². The van der Waals surface area contributed by atoms with Gasteiger partial charge in [-0.3, -0.25) is 4.79 Å². The summed E-state index contributed by atoms with van der Waals surface area (Å²) in [4.78, 5) is 22.7. The van der Waals surface area contributed by atoms with Gasteiger partial charge in [0, 0.05) is 22.2 Å². The number of carbonyl (C=O) groups is 1. The van der Waals surface area contributed by atoms with Gasteiger partial charge in [-0.05, 0) is 25.1 Å². The molecule has 2 aromatic heterocycles. The van der Waals surface area contributed by atoms with Gasteiger partial charge >= 0.3 is 0 Å². The van der Waals surface area contributed by atoms with Gasteiger partial charge in [0.2, 0.25) is 11.8 Å². The first-order valence-corrected chi connectivity index (χ1v) is 7.61. The van der Waals surface area contributed by atoms with Gasteiger partial charge < -0.3 is 20.1 Å². The minimum atomic E-state index is -1.08. The molecule has 0 saturated carbocycles. The molecule has 0 spiro atoms. The lowest BCUT2D eigenvalue weighted by atomic mass is 10.1. The molecule has 0 saturated heterocycles. The van der Waals surface area contributed by atoms with E-state index >= 15 is 0 Å². The average Bonchev–Trinajstić information content (AvgIpc) is 3.00. The van der Waals surface area contributed by atoms with Crippen molar-refractivity contribution >= 4 is 16.8 Å². The summed E-state index contributed by atoms with van der Waals surface area (Å²) in [6.07, 6.45) is 1.78. The van der Waals surface area contributed by atoms with Gasteiger partial charge in [0.25, 0.3) is 0 Å².